The number of carbonyl (C=O) groups is 1. The molecular formula is C10H12N2O2S. The summed E-state index contributed by atoms with van der Waals surface area (Å²) in [5.41, 5.74) is 7.25. The van der Waals surface area contributed by atoms with Crippen LogP contribution >= 0.6 is 11.8 Å². The number of fused-ring (bicyclic) bond motifs is 1. The summed E-state index contributed by atoms with van der Waals surface area (Å²) in [6.07, 6.45) is 0. The second-order valence-electron chi connectivity index (χ2n) is 3.35. The Morgan fingerprint density at radius 2 is 2.40 bits per heavy atom. The third-order valence-corrected chi connectivity index (χ3v) is 3.36. The SMILES string of the molecule is NC(C(=O)O)c1ccc2c(c1)SCCN2. The summed E-state index contributed by atoms with van der Waals surface area (Å²) in [6.45, 7) is 0.946. The van der Waals surface area contributed by atoms with Gasteiger partial charge in [0.05, 0.1) is 0 Å². The summed E-state index contributed by atoms with van der Waals surface area (Å²) in [5, 5.41) is 12.0. The number of aliphatic carboxylic acids is 1. The Bertz CT molecular complexity index is 395. The number of rotatable bonds is 2. The maximum absolute atomic E-state index is 10.7. The van der Waals surface area contributed by atoms with Gasteiger partial charge in [0.25, 0.3) is 0 Å². The summed E-state index contributed by atoms with van der Waals surface area (Å²) in [7, 11) is 0. The van der Waals surface area contributed by atoms with Gasteiger partial charge < -0.3 is 16.2 Å². The molecule has 5 heteroatoms. The van der Waals surface area contributed by atoms with E-state index in [-0.39, 0.29) is 0 Å². The number of hydrogen-bond donors (Lipinski definition) is 3. The molecule has 0 amide bonds. The van der Waals surface area contributed by atoms with Crippen molar-refractivity contribution in [2.24, 2.45) is 5.73 Å². The zero-order chi connectivity index (χ0) is 10.8. The lowest BCUT2D eigenvalue weighted by Crippen LogP contribution is -2.21. The topological polar surface area (TPSA) is 75.4 Å². The van der Waals surface area contributed by atoms with Crippen molar-refractivity contribution < 1.29 is 9.90 Å². The summed E-state index contributed by atoms with van der Waals surface area (Å²) in [5.74, 6) is 0.00222. The molecule has 15 heavy (non-hydrogen) atoms. The maximum atomic E-state index is 10.7. The quantitative estimate of drug-likeness (QED) is 0.705. The van der Waals surface area contributed by atoms with Crippen LogP contribution in [-0.2, 0) is 4.79 Å². The minimum atomic E-state index is -0.997. The fourth-order valence-electron chi connectivity index (χ4n) is 1.49. The smallest absolute Gasteiger partial charge is 0.325 e. The molecule has 1 unspecified atom stereocenters. The lowest BCUT2D eigenvalue weighted by molar-refractivity contribution is -0.138. The van der Waals surface area contributed by atoms with Gasteiger partial charge in [-0.15, -0.1) is 11.8 Å². The Kier molecular flexibility index (Phi) is 2.83. The van der Waals surface area contributed by atoms with Crippen molar-refractivity contribution in [1.29, 1.82) is 0 Å². The monoisotopic (exact) mass is 224 g/mol. The van der Waals surface area contributed by atoms with Crippen LogP contribution < -0.4 is 11.1 Å². The first-order valence-electron chi connectivity index (χ1n) is 4.67. The van der Waals surface area contributed by atoms with Crippen LogP contribution in [0.4, 0.5) is 5.69 Å². The van der Waals surface area contributed by atoms with E-state index in [1.165, 1.54) is 0 Å². The normalized spacial score (nSPS) is 16.3. The summed E-state index contributed by atoms with van der Waals surface area (Å²) >= 11 is 1.72. The number of nitrogens with one attached hydrogen (secondary N) is 1. The van der Waals surface area contributed by atoms with E-state index in [4.69, 9.17) is 10.8 Å². The zero-order valence-electron chi connectivity index (χ0n) is 8.06. The predicted molar refractivity (Wildman–Crippen MR) is 60.2 cm³/mol. The molecule has 0 bridgehead atoms. The molecule has 80 valence electrons. The average Bonchev–Trinajstić information content (AvgIpc) is 2.27. The van der Waals surface area contributed by atoms with Crippen LogP contribution in [0.1, 0.15) is 11.6 Å². The lowest BCUT2D eigenvalue weighted by Gasteiger charge is -2.18. The molecule has 4 nitrogen and oxygen atoms in total. The van der Waals surface area contributed by atoms with Gasteiger partial charge in [-0.3, -0.25) is 4.79 Å². The van der Waals surface area contributed by atoms with Crippen molar-refractivity contribution in [2.45, 2.75) is 10.9 Å². The largest absolute Gasteiger partial charge is 0.480 e. The molecule has 1 aliphatic rings. The van der Waals surface area contributed by atoms with Gasteiger partial charge in [-0.25, -0.2) is 0 Å². The summed E-state index contributed by atoms with van der Waals surface area (Å²) < 4.78 is 0. The van der Waals surface area contributed by atoms with Gasteiger partial charge in [-0.1, -0.05) is 6.07 Å². The molecule has 1 heterocycles. The summed E-state index contributed by atoms with van der Waals surface area (Å²) in [4.78, 5) is 11.8. The molecular weight excluding hydrogens is 212 g/mol. The predicted octanol–water partition coefficient (Wildman–Crippen LogP) is 1.29. The lowest BCUT2D eigenvalue weighted by atomic mass is 10.1. The highest BCUT2D eigenvalue weighted by Crippen LogP contribution is 2.32. The minimum Gasteiger partial charge on any atom is -0.480 e. The van der Waals surface area contributed by atoms with Gasteiger partial charge in [-0.05, 0) is 17.7 Å². The number of anilines is 1. The van der Waals surface area contributed by atoms with E-state index in [0.717, 1.165) is 22.9 Å². The Hall–Kier alpha value is -1.20. The highest BCUT2D eigenvalue weighted by atomic mass is 32.2. The van der Waals surface area contributed by atoms with Crippen LogP contribution in [0, 0.1) is 0 Å². The number of carboxylic acids is 1. The molecule has 0 spiro atoms. The standard InChI is InChI=1S/C10H12N2O2S/c11-9(10(13)14)6-1-2-7-8(5-6)15-4-3-12-7/h1-2,5,9,12H,3-4,11H2,(H,13,14). The highest BCUT2D eigenvalue weighted by molar-refractivity contribution is 7.99. The van der Waals surface area contributed by atoms with Crippen molar-refractivity contribution in [3.05, 3.63) is 23.8 Å². The van der Waals surface area contributed by atoms with Crippen LogP contribution in [0.25, 0.3) is 0 Å². The van der Waals surface area contributed by atoms with Crippen LogP contribution in [0.15, 0.2) is 23.1 Å². The fraction of sp³-hybridized carbons (Fsp3) is 0.300. The Morgan fingerprint density at radius 1 is 1.60 bits per heavy atom. The fourth-order valence-corrected chi connectivity index (χ4v) is 2.43. The molecule has 1 aromatic rings. The minimum absolute atomic E-state index is 0.650. The van der Waals surface area contributed by atoms with Crippen LogP contribution in [0.5, 0.6) is 0 Å². The number of benzene rings is 1. The zero-order valence-corrected chi connectivity index (χ0v) is 8.88. The number of carboxylic acid groups (broad SMARTS) is 1. The van der Waals surface area contributed by atoms with Gasteiger partial charge in [0.15, 0.2) is 0 Å². The van der Waals surface area contributed by atoms with Crippen molar-refractivity contribution in [1.82, 2.24) is 0 Å². The average molecular weight is 224 g/mol. The van der Waals surface area contributed by atoms with Crippen LogP contribution in [0.3, 0.4) is 0 Å². The molecule has 1 atom stereocenters. The third kappa shape index (κ3) is 2.08. The van der Waals surface area contributed by atoms with E-state index in [2.05, 4.69) is 5.32 Å². The molecule has 0 aliphatic carbocycles. The Balaban J connectivity index is 2.31. The Morgan fingerprint density at radius 3 is 3.13 bits per heavy atom. The van der Waals surface area contributed by atoms with Crippen molar-refractivity contribution >= 4 is 23.4 Å². The first-order chi connectivity index (χ1) is 7.18. The molecule has 2 rings (SSSR count). The van der Waals surface area contributed by atoms with Crippen LogP contribution in [0.2, 0.25) is 0 Å². The molecule has 0 saturated heterocycles. The van der Waals surface area contributed by atoms with E-state index in [1.54, 1.807) is 17.8 Å². The van der Waals surface area contributed by atoms with Gasteiger partial charge in [-0.2, -0.15) is 0 Å². The van der Waals surface area contributed by atoms with Gasteiger partial charge in [0, 0.05) is 22.9 Å². The van der Waals surface area contributed by atoms with E-state index in [0.29, 0.717) is 5.56 Å². The van der Waals surface area contributed by atoms with E-state index in [1.807, 2.05) is 12.1 Å². The Labute approximate surface area is 91.9 Å². The summed E-state index contributed by atoms with van der Waals surface area (Å²) in [6, 6.07) is 4.57. The van der Waals surface area contributed by atoms with E-state index in [9.17, 15) is 4.79 Å². The van der Waals surface area contributed by atoms with Crippen molar-refractivity contribution in [3.8, 4) is 0 Å². The number of thioether (sulfide) groups is 1. The van der Waals surface area contributed by atoms with E-state index >= 15 is 0 Å². The number of nitrogens with two attached hydrogens (primary N) is 1. The van der Waals surface area contributed by atoms with Crippen LogP contribution in [-0.4, -0.2) is 23.4 Å². The second kappa shape index (κ2) is 4.12. The van der Waals surface area contributed by atoms with Crippen molar-refractivity contribution in [2.75, 3.05) is 17.6 Å². The van der Waals surface area contributed by atoms with E-state index < -0.39 is 12.0 Å². The first-order valence-corrected chi connectivity index (χ1v) is 5.66. The van der Waals surface area contributed by atoms with Gasteiger partial charge >= 0.3 is 5.97 Å². The van der Waals surface area contributed by atoms with Gasteiger partial charge in [0.1, 0.15) is 6.04 Å². The molecule has 0 radical (unpaired) electrons. The number of hydrogen-bond acceptors (Lipinski definition) is 4. The molecule has 4 N–H and O–H groups in total. The molecule has 0 saturated carbocycles. The highest BCUT2D eigenvalue weighted by Gasteiger charge is 2.17. The second-order valence-corrected chi connectivity index (χ2v) is 4.48. The molecule has 1 aliphatic heterocycles. The van der Waals surface area contributed by atoms with Crippen molar-refractivity contribution in [3.63, 3.8) is 0 Å². The molecule has 0 aromatic heterocycles. The third-order valence-electron chi connectivity index (χ3n) is 2.31. The maximum Gasteiger partial charge on any atom is 0.325 e. The molecule has 1 aromatic carbocycles. The molecule has 0 fully saturated rings. The first kappa shape index (κ1) is 10.3. The van der Waals surface area contributed by atoms with Gasteiger partial charge in [0.2, 0.25) is 0 Å².